The Hall–Kier alpha value is -4.55. The van der Waals surface area contributed by atoms with Crippen molar-refractivity contribution < 1.29 is 18.3 Å². The Bertz CT molecular complexity index is 1610. The molecule has 39 heavy (non-hydrogen) atoms. The Kier molecular flexibility index (Phi) is 6.55. The molecule has 0 unspecified atom stereocenters. The van der Waals surface area contributed by atoms with Gasteiger partial charge in [0, 0.05) is 16.1 Å². The summed E-state index contributed by atoms with van der Waals surface area (Å²) in [4.78, 5) is 19.4. The molecule has 1 aromatic heterocycles. The van der Waals surface area contributed by atoms with Crippen molar-refractivity contribution in [1.82, 2.24) is 4.98 Å². The molecule has 7 heteroatoms. The van der Waals surface area contributed by atoms with Crippen molar-refractivity contribution in [2.45, 2.75) is 6.54 Å². The highest BCUT2D eigenvalue weighted by Crippen LogP contribution is 2.38. The van der Waals surface area contributed by atoms with E-state index >= 15 is 0 Å². The molecule has 0 aliphatic carbocycles. The first-order chi connectivity index (χ1) is 18.9. The van der Waals surface area contributed by atoms with Gasteiger partial charge in [-0.05, 0) is 95.6 Å². The number of fused-ring (bicyclic) bond motifs is 1. The average molecular weight is 539 g/mol. The summed E-state index contributed by atoms with van der Waals surface area (Å²) in [5.74, 6) is -0.279. The molecule has 0 saturated carbocycles. The summed E-state index contributed by atoms with van der Waals surface area (Å²) in [6.45, 7) is 0.199. The predicted octanol–water partition coefficient (Wildman–Crippen LogP) is 7.94. The molecule has 0 radical (unpaired) electrons. The van der Waals surface area contributed by atoms with Crippen molar-refractivity contribution in [2.24, 2.45) is 0 Å². The summed E-state index contributed by atoms with van der Waals surface area (Å²) in [7, 11) is 0. The Morgan fingerprint density at radius 2 is 1.31 bits per heavy atom. The fourth-order valence-electron chi connectivity index (χ4n) is 4.56. The van der Waals surface area contributed by atoms with E-state index in [-0.39, 0.29) is 30.7 Å². The molecule has 1 aliphatic heterocycles. The molecular weight excluding hydrogens is 518 g/mol. The van der Waals surface area contributed by atoms with E-state index in [0.717, 1.165) is 27.8 Å². The molecule has 4 aromatic carbocycles. The summed E-state index contributed by atoms with van der Waals surface area (Å²) in [5.41, 5.74) is 6.14. The highest BCUT2D eigenvalue weighted by atomic mass is 35.5. The van der Waals surface area contributed by atoms with Crippen LogP contribution < -0.4 is 9.64 Å². The number of anilines is 1. The number of carbonyl (C=O) groups is 1. The number of hydrogen-bond donors (Lipinski definition) is 0. The molecule has 2 heterocycles. The third-order valence-electron chi connectivity index (χ3n) is 6.59. The SMILES string of the molecule is O=C1COc2ccc(-c3cc(-c4ccc(Cl)cc4)cc(-c4ccc(F)cc4)n3)cc2N1Cc1ccc(F)cc1. The van der Waals surface area contributed by atoms with Crippen LogP contribution in [0.15, 0.2) is 103 Å². The fraction of sp³-hybridized carbons (Fsp3) is 0.0625. The molecule has 5 aromatic rings. The Labute approximate surface area is 229 Å². The molecular formula is C32H21ClF2N2O2. The van der Waals surface area contributed by atoms with E-state index in [1.165, 1.54) is 24.3 Å². The van der Waals surface area contributed by atoms with Gasteiger partial charge in [0.05, 0.1) is 23.6 Å². The lowest BCUT2D eigenvalue weighted by Gasteiger charge is -2.30. The highest BCUT2D eigenvalue weighted by molar-refractivity contribution is 6.30. The second-order valence-corrected chi connectivity index (χ2v) is 9.65. The van der Waals surface area contributed by atoms with Crippen LogP contribution in [0, 0.1) is 11.6 Å². The largest absolute Gasteiger partial charge is 0.482 e. The summed E-state index contributed by atoms with van der Waals surface area (Å²) in [6, 6.07) is 29.3. The smallest absolute Gasteiger partial charge is 0.265 e. The zero-order valence-electron chi connectivity index (χ0n) is 20.6. The van der Waals surface area contributed by atoms with E-state index in [9.17, 15) is 13.6 Å². The van der Waals surface area contributed by atoms with Gasteiger partial charge in [-0.15, -0.1) is 0 Å². The number of hydrogen-bond acceptors (Lipinski definition) is 3. The molecule has 4 nitrogen and oxygen atoms in total. The zero-order chi connectivity index (χ0) is 26.9. The zero-order valence-corrected chi connectivity index (χ0v) is 21.3. The van der Waals surface area contributed by atoms with Gasteiger partial charge in [-0.2, -0.15) is 0 Å². The number of halogens is 3. The van der Waals surface area contributed by atoms with E-state index in [1.807, 2.05) is 54.6 Å². The minimum atomic E-state index is -0.335. The van der Waals surface area contributed by atoms with Crippen molar-refractivity contribution >= 4 is 23.2 Å². The van der Waals surface area contributed by atoms with E-state index in [1.54, 1.807) is 29.2 Å². The van der Waals surface area contributed by atoms with Gasteiger partial charge in [0.25, 0.3) is 5.91 Å². The van der Waals surface area contributed by atoms with E-state index in [4.69, 9.17) is 21.3 Å². The van der Waals surface area contributed by atoms with E-state index < -0.39 is 0 Å². The number of pyridine rings is 1. The van der Waals surface area contributed by atoms with Gasteiger partial charge in [-0.1, -0.05) is 35.9 Å². The monoisotopic (exact) mass is 538 g/mol. The fourth-order valence-corrected chi connectivity index (χ4v) is 4.69. The number of rotatable bonds is 5. The summed E-state index contributed by atoms with van der Waals surface area (Å²) < 4.78 is 32.8. The molecule has 192 valence electrons. The number of amides is 1. The first-order valence-electron chi connectivity index (χ1n) is 12.3. The lowest BCUT2D eigenvalue weighted by molar-refractivity contribution is -0.121. The third-order valence-corrected chi connectivity index (χ3v) is 6.85. The molecule has 0 N–H and O–H groups in total. The average Bonchev–Trinajstić information content (AvgIpc) is 2.96. The van der Waals surface area contributed by atoms with Crippen LogP contribution in [0.25, 0.3) is 33.6 Å². The first kappa shape index (κ1) is 24.8. The van der Waals surface area contributed by atoms with Gasteiger partial charge in [0.15, 0.2) is 6.61 Å². The van der Waals surface area contributed by atoms with Gasteiger partial charge in [-0.25, -0.2) is 13.8 Å². The summed E-state index contributed by atoms with van der Waals surface area (Å²) >= 11 is 6.12. The minimum absolute atomic E-state index is 0.0768. The van der Waals surface area contributed by atoms with Crippen molar-refractivity contribution in [2.75, 3.05) is 11.5 Å². The first-order valence-corrected chi connectivity index (χ1v) is 12.7. The molecule has 0 atom stereocenters. The number of nitrogens with zero attached hydrogens (tertiary/aromatic N) is 2. The Morgan fingerprint density at radius 1 is 0.718 bits per heavy atom. The van der Waals surface area contributed by atoms with Crippen LogP contribution in [-0.4, -0.2) is 17.5 Å². The van der Waals surface area contributed by atoms with E-state index in [0.29, 0.717) is 27.8 Å². The quantitative estimate of drug-likeness (QED) is 0.228. The molecule has 6 rings (SSSR count). The summed E-state index contributed by atoms with van der Waals surface area (Å²) in [6.07, 6.45) is 0. The van der Waals surface area contributed by atoms with Crippen molar-refractivity contribution in [3.63, 3.8) is 0 Å². The van der Waals surface area contributed by atoms with E-state index in [2.05, 4.69) is 0 Å². The number of benzene rings is 4. The van der Waals surface area contributed by atoms with Crippen LogP contribution in [0.2, 0.25) is 5.02 Å². The van der Waals surface area contributed by atoms with Crippen molar-refractivity contribution in [1.29, 1.82) is 0 Å². The van der Waals surface area contributed by atoms with Crippen LogP contribution in [0.5, 0.6) is 5.75 Å². The topological polar surface area (TPSA) is 42.4 Å². The van der Waals surface area contributed by atoms with Crippen LogP contribution in [-0.2, 0) is 11.3 Å². The van der Waals surface area contributed by atoms with Gasteiger partial charge in [0.1, 0.15) is 17.4 Å². The Balaban J connectivity index is 1.45. The van der Waals surface area contributed by atoms with Gasteiger partial charge in [-0.3, -0.25) is 4.79 Å². The molecule has 0 spiro atoms. The lowest BCUT2D eigenvalue weighted by Crippen LogP contribution is -2.38. The molecule has 0 saturated heterocycles. The standard InChI is InChI=1S/C32H21ClF2N2O2/c33-25-8-3-21(4-9-25)24-15-28(22-5-12-27(35)13-6-22)36-29(16-24)23-7-14-31-30(17-23)37(32(38)19-39-31)18-20-1-10-26(34)11-2-20/h1-17H,18-19H2. The molecule has 0 fully saturated rings. The van der Waals surface area contributed by atoms with Crippen LogP contribution >= 0.6 is 11.6 Å². The van der Waals surface area contributed by atoms with Crippen molar-refractivity contribution in [3.05, 3.63) is 125 Å². The maximum Gasteiger partial charge on any atom is 0.265 e. The number of aromatic nitrogens is 1. The van der Waals surface area contributed by atoms with Crippen LogP contribution in [0.4, 0.5) is 14.5 Å². The predicted molar refractivity (Wildman–Crippen MR) is 149 cm³/mol. The number of carbonyl (C=O) groups excluding carboxylic acids is 1. The molecule has 1 aliphatic rings. The molecule has 0 bridgehead atoms. The second kappa shape index (κ2) is 10.3. The van der Waals surface area contributed by atoms with Gasteiger partial charge >= 0.3 is 0 Å². The highest BCUT2D eigenvalue weighted by Gasteiger charge is 2.26. The van der Waals surface area contributed by atoms with Crippen molar-refractivity contribution in [3.8, 4) is 39.4 Å². The summed E-state index contributed by atoms with van der Waals surface area (Å²) in [5, 5.41) is 0.632. The van der Waals surface area contributed by atoms with Crippen LogP contribution in [0.1, 0.15) is 5.56 Å². The van der Waals surface area contributed by atoms with Gasteiger partial charge in [0.2, 0.25) is 0 Å². The third kappa shape index (κ3) is 5.24. The maximum atomic E-state index is 13.6. The second-order valence-electron chi connectivity index (χ2n) is 9.22. The van der Waals surface area contributed by atoms with Crippen LogP contribution in [0.3, 0.4) is 0 Å². The number of ether oxygens (including phenoxy) is 1. The Morgan fingerprint density at radius 3 is 2.00 bits per heavy atom. The van der Waals surface area contributed by atoms with Gasteiger partial charge < -0.3 is 9.64 Å². The maximum absolute atomic E-state index is 13.6. The lowest BCUT2D eigenvalue weighted by atomic mass is 9.99. The normalized spacial score (nSPS) is 12.7. The molecule has 1 amide bonds. The minimum Gasteiger partial charge on any atom is -0.482 e.